The second kappa shape index (κ2) is 7.77. The van der Waals surface area contributed by atoms with Gasteiger partial charge < -0.3 is 15.8 Å². The zero-order chi connectivity index (χ0) is 23.4. The monoisotopic (exact) mass is 456 g/mol. The molecule has 0 unspecified atom stereocenters. The van der Waals surface area contributed by atoms with Gasteiger partial charge in [-0.05, 0) is 41.4 Å². The Morgan fingerprint density at radius 2 is 1.56 bits per heavy atom. The Balaban J connectivity index is 1.83. The van der Waals surface area contributed by atoms with E-state index in [-0.39, 0.29) is 29.0 Å². The lowest BCUT2D eigenvalue weighted by Gasteiger charge is -2.44. The highest BCUT2D eigenvalue weighted by atomic mass is 35.5. The Labute approximate surface area is 193 Å². The zero-order valence-corrected chi connectivity index (χ0v) is 19.7. The number of nitrogens with one attached hydrogen (secondary N) is 1. The number of benzene rings is 1. The van der Waals surface area contributed by atoms with Gasteiger partial charge in [0.15, 0.2) is 18.2 Å². The molecule has 3 N–H and O–H groups in total. The highest BCUT2D eigenvalue weighted by molar-refractivity contribution is 6.32. The Kier molecular flexibility index (Phi) is 5.48. The van der Waals surface area contributed by atoms with Crippen molar-refractivity contribution in [2.45, 2.75) is 59.3 Å². The summed E-state index contributed by atoms with van der Waals surface area (Å²) in [5.41, 5.74) is 8.77. The van der Waals surface area contributed by atoms with E-state index >= 15 is 0 Å². The molecule has 0 saturated carbocycles. The lowest BCUT2D eigenvalue weighted by atomic mass is 9.64. The van der Waals surface area contributed by atoms with Gasteiger partial charge in [-0.25, -0.2) is 0 Å². The van der Waals surface area contributed by atoms with Crippen LogP contribution in [0.15, 0.2) is 40.7 Å². The van der Waals surface area contributed by atoms with Crippen LogP contribution < -0.4 is 15.8 Å². The van der Waals surface area contributed by atoms with Crippen LogP contribution in [0.4, 0.5) is 0 Å². The summed E-state index contributed by atoms with van der Waals surface area (Å²) in [6.45, 7) is 8.08. The van der Waals surface area contributed by atoms with Gasteiger partial charge in [0.25, 0.3) is 5.91 Å². The minimum Gasteiger partial charge on any atom is -0.482 e. The highest BCUT2D eigenvalue weighted by Crippen LogP contribution is 2.51. The van der Waals surface area contributed by atoms with Crippen molar-refractivity contribution in [2.24, 2.45) is 16.6 Å². The van der Waals surface area contributed by atoms with Crippen LogP contribution >= 0.6 is 11.6 Å². The molecule has 0 spiro atoms. The van der Waals surface area contributed by atoms with Crippen LogP contribution in [0.25, 0.3) is 0 Å². The molecule has 1 heterocycles. The number of nitrogens with two attached hydrogens (primary N) is 1. The van der Waals surface area contributed by atoms with Crippen LogP contribution in [-0.2, 0) is 14.4 Å². The van der Waals surface area contributed by atoms with Crippen LogP contribution in [0.3, 0.4) is 0 Å². The number of halogens is 1. The summed E-state index contributed by atoms with van der Waals surface area (Å²) in [5, 5.41) is 3.80. The molecule has 4 rings (SSSR count). The van der Waals surface area contributed by atoms with E-state index < -0.39 is 11.8 Å². The number of ether oxygens (including phenoxy) is 1. The number of allylic oxidation sites excluding steroid dienone is 4. The molecule has 6 nitrogen and oxygen atoms in total. The summed E-state index contributed by atoms with van der Waals surface area (Å²) in [7, 11) is 0. The number of ketones is 2. The number of carbonyl (C=O) groups excluding carboxylic acids is 3. The van der Waals surface area contributed by atoms with Gasteiger partial charge in [-0.2, -0.15) is 0 Å². The molecular weight excluding hydrogens is 428 g/mol. The molecule has 7 heteroatoms. The third-order valence-electron chi connectivity index (χ3n) is 6.38. The standard InChI is InChI=1S/C25H29ClN2O4/c1-24(2)8-15-22(17(29)10-24)21(23-16(28-15)9-25(3,4)11-18(23)30)13-5-6-19(14(26)7-13)32-12-20(27)31/h5-7,21,28H,8-12H2,1-4H3,(H2,27,31). The SMILES string of the molecule is CC1(C)CC(=O)C2=C(C1)NC1=C(C(=O)CC(C)(C)C1)C2c1ccc(OCC(N)=O)c(Cl)c1. The van der Waals surface area contributed by atoms with Crippen LogP contribution in [0.1, 0.15) is 64.9 Å². The van der Waals surface area contributed by atoms with Gasteiger partial charge in [0.2, 0.25) is 0 Å². The third kappa shape index (κ3) is 4.20. The highest BCUT2D eigenvalue weighted by Gasteiger charge is 2.46. The van der Waals surface area contributed by atoms with E-state index in [1.54, 1.807) is 12.1 Å². The lowest BCUT2D eigenvalue weighted by molar-refractivity contribution is -0.120. The van der Waals surface area contributed by atoms with E-state index in [0.717, 1.165) is 29.8 Å². The van der Waals surface area contributed by atoms with E-state index in [2.05, 4.69) is 33.0 Å². The smallest absolute Gasteiger partial charge is 0.255 e. The Hall–Kier alpha value is -2.60. The van der Waals surface area contributed by atoms with Gasteiger partial charge in [0, 0.05) is 41.3 Å². The second-order valence-electron chi connectivity index (χ2n) is 10.7. The van der Waals surface area contributed by atoms with Crippen molar-refractivity contribution in [1.82, 2.24) is 5.32 Å². The zero-order valence-electron chi connectivity index (χ0n) is 18.9. The maximum atomic E-state index is 13.3. The molecule has 0 fully saturated rings. The van der Waals surface area contributed by atoms with Gasteiger partial charge >= 0.3 is 0 Å². The van der Waals surface area contributed by atoms with Crippen LogP contribution in [0, 0.1) is 10.8 Å². The fraction of sp³-hybridized carbons (Fsp3) is 0.480. The molecule has 170 valence electrons. The molecule has 0 bridgehead atoms. The Morgan fingerprint density at radius 1 is 1.03 bits per heavy atom. The van der Waals surface area contributed by atoms with Crippen molar-refractivity contribution in [3.05, 3.63) is 51.3 Å². The normalized spacial score (nSPS) is 22.3. The number of hydrogen-bond donors (Lipinski definition) is 2. The largest absolute Gasteiger partial charge is 0.482 e. The molecule has 32 heavy (non-hydrogen) atoms. The molecule has 1 aromatic carbocycles. The van der Waals surface area contributed by atoms with Gasteiger partial charge in [-0.3, -0.25) is 14.4 Å². The second-order valence-corrected chi connectivity index (χ2v) is 11.1. The first-order valence-corrected chi connectivity index (χ1v) is 11.2. The Bertz CT molecular complexity index is 1050. The predicted octanol–water partition coefficient (Wildman–Crippen LogP) is 4.18. The number of hydrogen-bond acceptors (Lipinski definition) is 5. The van der Waals surface area contributed by atoms with Crippen molar-refractivity contribution in [2.75, 3.05) is 6.61 Å². The van der Waals surface area contributed by atoms with E-state index in [0.29, 0.717) is 34.8 Å². The molecule has 0 saturated heterocycles. The molecule has 1 amide bonds. The van der Waals surface area contributed by atoms with Crippen LogP contribution in [0.5, 0.6) is 5.75 Å². The van der Waals surface area contributed by atoms with E-state index in [1.165, 1.54) is 0 Å². The molecular formula is C25H29ClN2O4. The molecule has 1 aromatic rings. The molecule has 0 atom stereocenters. The topological polar surface area (TPSA) is 98.5 Å². The molecule has 1 aliphatic heterocycles. The summed E-state index contributed by atoms with van der Waals surface area (Å²) < 4.78 is 5.37. The first-order chi connectivity index (χ1) is 14.9. The summed E-state index contributed by atoms with van der Waals surface area (Å²) in [4.78, 5) is 37.7. The van der Waals surface area contributed by atoms with E-state index in [4.69, 9.17) is 22.1 Å². The predicted molar refractivity (Wildman–Crippen MR) is 122 cm³/mol. The van der Waals surface area contributed by atoms with Gasteiger partial charge in [0.05, 0.1) is 5.02 Å². The first-order valence-electron chi connectivity index (χ1n) is 10.9. The van der Waals surface area contributed by atoms with E-state index in [9.17, 15) is 14.4 Å². The summed E-state index contributed by atoms with van der Waals surface area (Å²) >= 11 is 6.45. The van der Waals surface area contributed by atoms with Crippen molar-refractivity contribution in [3.63, 3.8) is 0 Å². The van der Waals surface area contributed by atoms with Gasteiger partial charge in [0.1, 0.15) is 5.75 Å². The minimum atomic E-state index is -0.598. The number of Topliss-reactive ketones (excluding diaryl/α,β-unsaturated/α-hetero) is 2. The Morgan fingerprint density at radius 3 is 2.03 bits per heavy atom. The molecule has 0 radical (unpaired) electrons. The molecule has 0 aromatic heterocycles. The van der Waals surface area contributed by atoms with Crippen molar-refractivity contribution in [3.8, 4) is 5.75 Å². The third-order valence-corrected chi connectivity index (χ3v) is 6.67. The number of rotatable bonds is 4. The number of dihydropyridines is 1. The van der Waals surface area contributed by atoms with E-state index in [1.807, 2.05) is 6.07 Å². The van der Waals surface area contributed by atoms with Crippen molar-refractivity contribution >= 4 is 29.1 Å². The van der Waals surface area contributed by atoms with Gasteiger partial charge in [-0.15, -0.1) is 0 Å². The number of primary amides is 1. The summed E-state index contributed by atoms with van der Waals surface area (Å²) in [6.07, 6.45) is 2.34. The molecule has 3 aliphatic rings. The molecule has 2 aliphatic carbocycles. The van der Waals surface area contributed by atoms with Crippen LogP contribution in [0.2, 0.25) is 5.02 Å². The summed E-state index contributed by atoms with van der Waals surface area (Å²) in [6, 6.07) is 5.20. The average Bonchev–Trinajstić information content (AvgIpc) is 2.63. The first kappa shape index (κ1) is 22.6. The van der Waals surface area contributed by atoms with Crippen LogP contribution in [-0.4, -0.2) is 24.1 Å². The van der Waals surface area contributed by atoms with Crippen molar-refractivity contribution in [1.29, 1.82) is 0 Å². The number of carbonyl (C=O) groups is 3. The maximum Gasteiger partial charge on any atom is 0.255 e. The fourth-order valence-corrected chi connectivity index (χ4v) is 5.43. The average molecular weight is 457 g/mol. The lowest BCUT2D eigenvalue weighted by Crippen LogP contribution is -2.42. The fourth-order valence-electron chi connectivity index (χ4n) is 5.18. The minimum absolute atomic E-state index is 0.0584. The van der Waals surface area contributed by atoms with Gasteiger partial charge in [-0.1, -0.05) is 45.4 Å². The number of amides is 1. The quantitative estimate of drug-likeness (QED) is 0.708. The van der Waals surface area contributed by atoms with Crippen molar-refractivity contribution < 1.29 is 19.1 Å². The summed E-state index contributed by atoms with van der Waals surface area (Å²) in [5.74, 6) is -0.611. The maximum absolute atomic E-state index is 13.3.